The number of hydrogen-bond acceptors (Lipinski definition) is 3. The summed E-state index contributed by atoms with van der Waals surface area (Å²) in [5.74, 6) is -2.09. The number of fused-ring (bicyclic) bond motifs is 1. The molecule has 3 N–H and O–H groups in total. The minimum absolute atomic E-state index is 0.145. The van der Waals surface area contributed by atoms with Crippen molar-refractivity contribution in [2.24, 2.45) is 0 Å². The van der Waals surface area contributed by atoms with Crippen LogP contribution in [0.5, 0.6) is 0 Å². The maximum atomic E-state index is 13.4. The van der Waals surface area contributed by atoms with Crippen LogP contribution < -0.4 is 5.32 Å². The summed E-state index contributed by atoms with van der Waals surface area (Å²) in [6.45, 7) is 7.55. The largest absolute Gasteiger partial charge is 0.480 e. The molecule has 0 aliphatic heterocycles. The zero-order chi connectivity index (χ0) is 18.8. The van der Waals surface area contributed by atoms with Gasteiger partial charge >= 0.3 is 5.97 Å². The van der Waals surface area contributed by atoms with Crippen molar-refractivity contribution >= 4 is 22.8 Å². The molecular formula is C18H23FN2O4. The molecule has 1 aromatic carbocycles. The number of aromatic nitrogens is 1. The highest BCUT2D eigenvalue weighted by Crippen LogP contribution is 2.21. The minimum atomic E-state index is -1.14. The van der Waals surface area contributed by atoms with E-state index in [4.69, 9.17) is 4.74 Å². The van der Waals surface area contributed by atoms with Gasteiger partial charge in [0.1, 0.15) is 17.6 Å². The fraction of sp³-hybridized carbons (Fsp3) is 0.444. The van der Waals surface area contributed by atoms with Gasteiger partial charge in [-0.3, -0.25) is 4.79 Å². The van der Waals surface area contributed by atoms with Crippen molar-refractivity contribution < 1.29 is 23.8 Å². The summed E-state index contributed by atoms with van der Waals surface area (Å²) in [5.41, 5.74) is 0.988. The van der Waals surface area contributed by atoms with Gasteiger partial charge in [0.15, 0.2) is 0 Å². The number of aryl methyl sites for hydroxylation is 1. The van der Waals surface area contributed by atoms with E-state index in [1.807, 2.05) is 20.8 Å². The van der Waals surface area contributed by atoms with Crippen molar-refractivity contribution in [3.8, 4) is 0 Å². The highest BCUT2D eigenvalue weighted by Gasteiger charge is 2.23. The van der Waals surface area contributed by atoms with Crippen molar-refractivity contribution in [3.63, 3.8) is 0 Å². The first-order chi connectivity index (χ1) is 11.6. The maximum absolute atomic E-state index is 13.4. The van der Waals surface area contributed by atoms with Crippen molar-refractivity contribution in [1.82, 2.24) is 10.3 Å². The summed E-state index contributed by atoms with van der Waals surface area (Å²) in [6, 6.07) is 3.19. The van der Waals surface area contributed by atoms with Gasteiger partial charge in [0.2, 0.25) is 0 Å². The Kier molecular flexibility index (Phi) is 5.47. The Morgan fingerprint density at radius 3 is 2.60 bits per heavy atom. The molecule has 0 saturated carbocycles. The number of H-pyrrole nitrogens is 1. The van der Waals surface area contributed by atoms with Crippen LogP contribution in [0.2, 0.25) is 0 Å². The van der Waals surface area contributed by atoms with E-state index in [0.29, 0.717) is 11.1 Å². The van der Waals surface area contributed by atoms with Crippen LogP contribution in [0.25, 0.3) is 10.9 Å². The summed E-state index contributed by atoms with van der Waals surface area (Å²) in [6.07, 6.45) is 0.145. The van der Waals surface area contributed by atoms with E-state index in [1.54, 1.807) is 13.0 Å². The Morgan fingerprint density at radius 2 is 2.00 bits per heavy atom. The molecule has 0 saturated heterocycles. The van der Waals surface area contributed by atoms with E-state index in [1.165, 1.54) is 12.1 Å². The summed E-state index contributed by atoms with van der Waals surface area (Å²) in [4.78, 5) is 26.5. The Morgan fingerprint density at radius 1 is 1.32 bits per heavy atom. The van der Waals surface area contributed by atoms with Gasteiger partial charge in [0.05, 0.1) is 5.60 Å². The predicted octanol–water partition coefficient (Wildman–Crippen LogP) is 3.00. The molecule has 0 bridgehead atoms. The smallest absolute Gasteiger partial charge is 0.326 e. The van der Waals surface area contributed by atoms with Crippen molar-refractivity contribution in [3.05, 3.63) is 35.3 Å². The summed E-state index contributed by atoms with van der Waals surface area (Å²) < 4.78 is 19.0. The van der Waals surface area contributed by atoms with Crippen molar-refractivity contribution in [2.45, 2.75) is 45.8 Å². The number of halogens is 1. The number of carboxylic acid groups (broad SMARTS) is 1. The predicted molar refractivity (Wildman–Crippen MR) is 92.2 cm³/mol. The van der Waals surface area contributed by atoms with Gasteiger partial charge in [-0.2, -0.15) is 0 Å². The molecule has 0 aliphatic rings. The lowest BCUT2D eigenvalue weighted by Crippen LogP contribution is -2.42. The molecule has 0 spiro atoms. The van der Waals surface area contributed by atoms with Gasteiger partial charge in [-0.25, -0.2) is 9.18 Å². The first kappa shape index (κ1) is 18.9. The lowest BCUT2D eigenvalue weighted by Gasteiger charge is -2.21. The fourth-order valence-electron chi connectivity index (χ4n) is 2.47. The summed E-state index contributed by atoms with van der Waals surface area (Å²) in [7, 11) is 0. The van der Waals surface area contributed by atoms with Gasteiger partial charge in [-0.1, -0.05) is 0 Å². The second-order valence-corrected chi connectivity index (χ2v) is 6.98. The van der Waals surface area contributed by atoms with Crippen LogP contribution >= 0.6 is 0 Å². The topological polar surface area (TPSA) is 91.4 Å². The standard InChI is InChI=1S/C18H23FN2O4/c1-10-7-11(19)8-14-12(10)9-15(20-14)16(22)21-13(17(23)24)5-6-25-18(2,3)4/h7-9,13,20H,5-6H2,1-4H3,(H,21,22)(H,23,24). The number of aromatic amines is 1. The molecular weight excluding hydrogens is 327 g/mol. The SMILES string of the molecule is Cc1cc(F)cc2[nH]c(C(=O)NC(CCOC(C)(C)C)C(=O)O)cc12. The average molecular weight is 350 g/mol. The Hall–Kier alpha value is -2.41. The number of carboxylic acids is 1. The van der Waals surface area contributed by atoms with Crippen LogP contribution in [0.4, 0.5) is 4.39 Å². The molecule has 1 heterocycles. The van der Waals surface area contributed by atoms with E-state index in [9.17, 15) is 19.1 Å². The molecule has 6 nitrogen and oxygen atoms in total. The molecule has 1 aromatic heterocycles. The lowest BCUT2D eigenvalue weighted by atomic mass is 10.1. The van der Waals surface area contributed by atoms with Gasteiger partial charge in [-0.15, -0.1) is 0 Å². The molecule has 1 amide bonds. The molecule has 136 valence electrons. The zero-order valence-electron chi connectivity index (χ0n) is 14.8. The van der Waals surface area contributed by atoms with Crippen molar-refractivity contribution in [2.75, 3.05) is 6.61 Å². The van der Waals surface area contributed by atoms with E-state index < -0.39 is 23.7 Å². The quantitative estimate of drug-likeness (QED) is 0.747. The number of carbonyl (C=O) groups is 2. The number of carbonyl (C=O) groups excluding carboxylic acids is 1. The zero-order valence-corrected chi connectivity index (χ0v) is 14.8. The Balaban J connectivity index is 2.10. The third-order valence-electron chi connectivity index (χ3n) is 3.70. The van der Waals surface area contributed by atoms with Gasteiger partial charge < -0.3 is 20.1 Å². The first-order valence-corrected chi connectivity index (χ1v) is 8.03. The Labute approximate surface area is 145 Å². The molecule has 0 aliphatic carbocycles. The van der Waals surface area contributed by atoms with Gasteiger partial charge in [-0.05, 0) is 51.5 Å². The van der Waals surface area contributed by atoms with Gasteiger partial charge in [0, 0.05) is 23.9 Å². The van der Waals surface area contributed by atoms with E-state index in [0.717, 1.165) is 5.39 Å². The van der Waals surface area contributed by atoms with Crippen molar-refractivity contribution in [1.29, 1.82) is 0 Å². The molecule has 2 rings (SSSR count). The number of rotatable bonds is 6. The number of hydrogen-bond donors (Lipinski definition) is 3. The molecule has 2 aromatic rings. The van der Waals surface area contributed by atoms with E-state index in [2.05, 4.69) is 10.3 Å². The highest BCUT2D eigenvalue weighted by molar-refractivity contribution is 6.00. The number of benzene rings is 1. The second kappa shape index (κ2) is 7.23. The maximum Gasteiger partial charge on any atom is 0.326 e. The lowest BCUT2D eigenvalue weighted by molar-refractivity contribution is -0.140. The molecule has 0 radical (unpaired) electrons. The number of aliphatic carboxylic acids is 1. The first-order valence-electron chi connectivity index (χ1n) is 8.03. The monoisotopic (exact) mass is 350 g/mol. The number of ether oxygens (including phenoxy) is 1. The third-order valence-corrected chi connectivity index (χ3v) is 3.70. The summed E-state index contributed by atoms with van der Waals surface area (Å²) in [5, 5.41) is 12.5. The van der Waals surface area contributed by atoms with Gasteiger partial charge in [0.25, 0.3) is 5.91 Å². The minimum Gasteiger partial charge on any atom is -0.480 e. The average Bonchev–Trinajstić information content (AvgIpc) is 2.88. The Bertz CT molecular complexity index is 792. The molecule has 1 atom stereocenters. The second-order valence-electron chi connectivity index (χ2n) is 6.98. The van der Waals surface area contributed by atoms with Crippen LogP contribution in [-0.2, 0) is 9.53 Å². The van der Waals surface area contributed by atoms with Crippen LogP contribution in [0.15, 0.2) is 18.2 Å². The summed E-state index contributed by atoms with van der Waals surface area (Å²) >= 11 is 0. The van der Waals surface area contributed by atoms with Crippen LogP contribution in [0, 0.1) is 12.7 Å². The van der Waals surface area contributed by atoms with Crippen LogP contribution in [-0.4, -0.2) is 40.2 Å². The number of amides is 1. The highest BCUT2D eigenvalue weighted by atomic mass is 19.1. The van der Waals surface area contributed by atoms with Crippen LogP contribution in [0.3, 0.4) is 0 Å². The van der Waals surface area contributed by atoms with Crippen LogP contribution in [0.1, 0.15) is 43.2 Å². The molecule has 0 fully saturated rings. The molecule has 25 heavy (non-hydrogen) atoms. The third kappa shape index (κ3) is 5.03. The fourth-order valence-corrected chi connectivity index (χ4v) is 2.47. The van der Waals surface area contributed by atoms with E-state index in [-0.39, 0.29) is 24.3 Å². The molecule has 7 heteroatoms. The molecule has 1 unspecified atom stereocenters. The normalized spacial score (nSPS) is 13.0. The van der Waals surface area contributed by atoms with E-state index >= 15 is 0 Å². The number of nitrogens with one attached hydrogen (secondary N) is 2.